The number of hydrogen-bond donors (Lipinski definition) is 3. The predicted octanol–water partition coefficient (Wildman–Crippen LogP) is 2.53. The summed E-state index contributed by atoms with van der Waals surface area (Å²) >= 11 is 0. The van der Waals surface area contributed by atoms with Gasteiger partial charge in [-0.3, -0.25) is 10.6 Å². The lowest BCUT2D eigenvalue weighted by molar-refractivity contribution is 0.0545. The van der Waals surface area contributed by atoms with Crippen LogP contribution in [0.1, 0.15) is 41.5 Å². The van der Waals surface area contributed by atoms with E-state index in [2.05, 4.69) is 30.8 Å². The second-order valence-corrected chi connectivity index (χ2v) is 8.83. The van der Waals surface area contributed by atoms with Crippen LogP contribution in [-0.4, -0.2) is 60.5 Å². The summed E-state index contributed by atoms with van der Waals surface area (Å²) in [5.74, 6) is 0.178. The highest BCUT2D eigenvalue weighted by molar-refractivity contribution is 6.02. The Morgan fingerprint density at radius 3 is 1.97 bits per heavy atom. The van der Waals surface area contributed by atoms with Crippen molar-refractivity contribution >= 4 is 29.7 Å². The van der Waals surface area contributed by atoms with Gasteiger partial charge < -0.3 is 19.7 Å². The Hall–Kier alpha value is -2.88. The van der Waals surface area contributed by atoms with Gasteiger partial charge in [0.05, 0.1) is 11.9 Å². The molecular formula is C20H32N6O4. The van der Waals surface area contributed by atoms with Gasteiger partial charge in [-0.1, -0.05) is 0 Å². The number of anilines is 1. The zero-order valence-corrected chi connectivity index (χ0v) is 18.5. The number of amides is 2. The molecule has 166 valence electrons. The summed E-state index contributed by atoms with van der Waals surface area (Å²) in [5, 5.41) is 8.17. The third-order valence-electron chi connectivity index (χ3n) is 3.68. The van der Waals surface area contributed by atoms with Gasteiger partial charge in [-0.25, -0.2) is 14.6 Å². The Kier molecular flexibility index (Phi) is 7.60. The summed E-state index contributed by atoms with van der Waals surface area (Å²) in [6.07, 6.45) is 0.201. The summed E-state index contributed by atoms with van der Waals surface area (Å²) in [7, 11) is 0. The first-order chi connectivity index (χ1) is 13.9. The number of alkyl carbamates (subject to hydrolysis) is 2. The quantitative estimate of drug-likeness (QED) is 0.497. The number of piperazine rings is 1. The van der Waals surface area contributed by atoms with Crippen LogP contribution >= 0.6 is 0 Å². The minimum absolute atomic E-state index is 0.138. The Morgan fingerprint density at radius 1 is 1.00 bits per heavy atom. The fourth-order valence-electron chi connectivity index (χ4n) is 2.56. The van der Waals surface area contributed by atoms with E-state index >= 15 is 0 Å². The number of nitrogens with one attached hydrogen (secondary N) is 3. The zero-order valence-electron chi connectivity index (χ0n) is 18.5. The van der Waals surface area contributed by atoms with Crippen LogP contribution in [0, 0.1) is 0 Å². The number of carbonyl (C=O) groups excluding carboxylic acids is 2. The van der Waals surface area contributed by atoms with Crippen LogP contribution in [0.3, 0.4) is 0 Å². The summed E-state index contributed by atoms with van der Waals surface area (Å²) in [4.78, 5) is 35.1. The molecule has 0 unspecified atom stereocenters. The second-order valence-electron chi connectivity index (χ2n) is 8.83. The highest BCUT2D eigenvalue weighted by Crippen LogP contribution is 2.17. The summed E-state index contributed by atoms with van der Waals surface area (Å²) in [6.45, 7) is 14.1. The summed E-state index contributed by atoms with van der Waals surface area (Å²) < 4.78 is 10.5. The molecule has 0 bridgehead atoms. The van der Waals surface area contributed by atoms with Crippen molar-refractivity contribution in [1.29, 1.82) is 0 Å². The van der Waals surface area contributed by atoms with Gasteiger partial charge in [0.15, 0.2) is 5.82 Å². The van der Waals surface area contributed by atoms with Gasteiger partial charge in [0.1, 0.15) is 11.2 Å². The molecule has 0 saturated carbocycles. The Morgan fingerprint density at radius 2 is 1.53 bits per heavy atom. The molecule has 2 rings (SSSR count). The van der Waals surface area contributed by atoms with Crippen LogP contribution in [-0.2, 0) is 9.47 Å². The Balaban J connectivity index is 2.15. The van der Waals surface area contributed by atoms with Crippen molar-refractivity contribution in [3.8, 4) is 0 Å². The van der Waals surface area contributed by atoms with E-state index in [1.807, 2.05) is 6.07 Å². The second kappa shape index (κ2) is 9.75. The number of aliphatic imine (C=N–C) groups is 1. The van der Waals surface area contributed by atoms with Gasteiger partial charge in [0.2, 0.25) is 5.96 Å². The Labute approximate surface area is 177 Å². The number of nitrogens with zero attached hydrogens (tertiary/aromatic N) is 3. The molecule has 1 aromatic heterocycles. The first kappa shape index (κ1) is 23.4. The van der Waals surface area contributed by atoms with Crippen molar-refractivity contribution in [3.63, 3.8) is 0 Å². The molecule has 1 fully saturated rings. The molecule has 1 aliphatic heterocycles. The molecule has 1 aromatic rings. The molecule has 2 heterocycles. The van der Waals surface area contributed by atoms with Crippen LogP contribution < -0.4 is 20.9 Å². The largest absolute Gasteiger partial charge is 0.444 e. The smallest absolute Gasteiger partial charge is 0.414 e. The van der Waals surface area contributed by atoms with Crippen LogP contribution in [0.4, 0.5) is 21.1 Å². The van der Waals surface area contributed by atoms with Gasteiger partial charge in [-0.05, 0) is 53.7 Å². The number of pyridine rings is 1. The number of guanidine groups is 1. The molecule has 0 aromatic carbocycles. The van der Waals surface area contributed by atoms with Gasteiger partial charge in [-0.15, -0.1) is 0 Å². The fraction of sp³-hybridized carbons (Fsp3) is 0.600. The van der Waals surface area contributed by atoms with Gasteiger partial charge in [0, 0.05) is 26.2 Å². The van der Waals surface area contributed by atoms with Crippen molar-refractivity contribution in [3.05, 3.63) is 18.3 Å². The van der Waals surface area contributed by atoms with Crippen LogP contribution in [0.5, 0.6) is 0 Å². The molecule has 30 heavy (non-hydrogen) atoms. The molecule has 1 aliphatic rings. The van der Waals surface area contributed by atoms with Gasteiger partial charge >= 0.3 is 12.2 Å². The van der Waals surface area contributed by atoms with E-state index in [1.54, 1.807) is 53.8 Å². The standard InChI is InChI=1S/C20H32N6O4/c1-19(2,3)29-17(27)24-16(25-18(28)30-20(4,5)6)23-15-8-7-14(13-22-15)26-11-9-21-10-12-26/h7-8,13,21H,9-12H2,1-6H3,(H2,22,23,24,25,27,28). The van der Waals surface area contributed by atoms with Crippen molar-refractivity contribution in [2.75, 3.05) is 31.1 Å². The van der Waals surface area contributed by atoms with Crippen molar-refractivity contribution < 1.29 is 19.1 Å². The van der Waals surface area contributed by atoms with Crippen LogP contribution in [0.25, 0.3) is 0 Å². The molecule has 0 spiro atoms. The molecular weight excluding hydrogens is 388 g/mol. The average molecular weight is 421 g/mol. The van der Waals surface area contributed by atoms with E-state index in [4.69, 9.17) is 9.47 Å². The molecule has 0 atom stereocenters. The maximum Gasteiger partial charge on any atom is 0.414 e. The molecule has 1 saturated heterocycles. The highest BCUT2D eigenvalue weighted by Gasteiger charge is 2.21. The van der Waals surface area contributed by atoms with E-state index < -0.39 is 23.4 Å². The third kappa shape index (κ3) is 8.64. The lowest BCUT2D eigenvalue weighted by Gasteiger charge is -2.29. The number of ether oxygens (including phenoxy) is 2. The number of aromatic nitrogens is 1. The number of hydrogen-bond acceptors (Lipinski definition) is 8. The lowest BCUT2D eigenvalue weighted by Crippen LogP contribution is -2.47. The minimum atomic E-state index is -0.755. The van der Waals surface area contributed by atoms with Crippen molar-refractivity contribution in [2.24, 2.45) is 4.99 Å². The van der Waals surface area contributed by atoms with E-state index in [9.17, 15) is 9.59 Å². The van der Waals surface area contributed by atoms with Crippen LogP contribution in [0.15, 0.2) is 23.3 Å². The average Bonchev–Trinajstić information content (AvgIpc) is 2.59. The molecule has 10 nitrogen and oxygen atoms in total. The number of carbonyl (C=O) groups is 2. The number of rotatable bonds is 2. The first-order valence-corrected chi connectivity index (χ1v) is 9.92. The SMILES string of the molecule is CC(C)(C)OC(=O)NC(=Nc1ccc(N2CCNCC2)cn1)NC(=O)OC(C)(C)C. The monoisotopic (exact) mass is 420 g/mol. The molecule has 2 amide bonds. The topological polar surface area (TPSA) is 117 Å². The van der Waals surface area contributed by atoms with E-state index in [1.165, 1.54) is 0 Å². The van der Waals surface area contributed by atoms with E-state index in [0.29, 0.717) is 5.82 Å². The van der Waals surface area contributed by atoms with Gasteiger partial charge in [-0.2, -0.15) is 4.99 Å². The van der Waals surface area contributed by atoms with Crippen molar-refractivity contribution in [1.82, 2.24) is 20.9 Å². The lowest BCUT2D eigenvalue weighted by atomic mass is 10.2. The van der Waals surface area contributed by atoms with Gasteiger partial charge in [0.25, 0.3) is 0 Å². The molecule has 3 N–H and O–H groups in total. The van der Waals surface area contributed by atoms with E-state index in [-0.39, 0.29) is 5.96 Å². The van der Waals surface area contributed by atoms with E-state index in [0.717, 1.165) is 31.9 Å². The maximum atomic E-state index is 12.1. The predicted molar refractivity (Wildman–Crippen MR) is 115 cm³/mol. The van der Waals surface area contributed by atoms with Crippen molar-refractivity contribution in [2.45, 2.75) is 52.7 Å². The molecule has 0 aliphatic carbocycles. The Bertz CT molecular complexity index is 727. The summed E-state index contributed by atoms with van der Waals surface area (Å²) in [5.41, 5.74) is -0.425. The molecule has 10 heteroatoms. The third-order valence-corrected chi connectivity index (χ3v) is 3.68. The maximum absolute atomic E-state index is 12.1. The fourth-order valence-corrected chi connectivity index (χ4v) is 2.56. The minimum Gasteiger partial charge on any atom is -0.444 e. The normalized spacial score (nSPS) is 14.5. The highest BCUT2D eigenvalue weighted by atomic mass is 16.6. The summed E-state index contributed by atoms with van der Waals surface area (Å²) in [6, 6.07) is 3.61. The zero-order chi connectivity index (χ0) is 22.4. The molecule has 0 radical (unpaired) electrons. The van der Waals surface area contributed by atoms with Crippen LogP contribution in [0.2, 0.25) is 0 Å². The first-order valence-electron chi connectivity index (χ1n) is 9.92.